The zero-order valence-electron chi connectivity index (χ0n) is 10.4. The molecule has 0 bridgehead atoms. The molecule has 0 saturated carbocycles. The zero-order valence-corrected chi connectivity index (χ0v) is 12.0. The molecular formula is C12H19ClN2OS. The van der Waals surface area contributed by atoms with E-state index in [4.69, 9.17) is 16.3 Å². The van der Waals surface area contributed by atoms with Crippen molar-refractivity contribution in [2.75, 3.05) is 19.1 Å². The van der Waals surface area contributed by atoms with E-state index in [9.17, 15) is 0 Å². The monoisotopic (exact) mass is 274 g/mol. The van der Waals surface area contributed by atoms with Crippen molar-refractivity contribution in [1.82, 2.24) is 10.3 Å². The lowest BCUT2D eigenvalue weighted by Gasteiger charge is -2.36. The predicted octanol–water partition coefficient (Wildman–Crippen LogP) is 2.64. The second kappa shape index (κ2) is 5.65. The predicted molar refractivity (Wildman–Crippen MR) is 71.9 cm³/mol. The molecule has 1 fully saturated rings. The first-order chi connectivity index (χ1) is 8.15. The molecule has 2 heterocycles. The molecule has 1 aliphatic rings. The van der Waals surface area contributed by atoms with Crippen LogP contribution in [0.25, 0.3) is 0 Å². The van der Waals surface area contributed by atoms with E-state index >= 15 is 0 Å². The maximum atomic E-state index is 6.10. The lowest BCUT2D eigenvalue weighted by molar-refractivity contribution is 0.0459. The summed E-state index contributed by atoms with van der Waals surface area (Å²) in [6.07, 6.45) is 1.97. The van der Waals surface area contributed by atoms with E-state index in [1.165, 1.54) is 4.88 Å². The van der Waals surface area contributed by atoms with Crippen molar-refractivity contribution in [2.24, 2.45) is 0 Å². The van der Waals surface area contributed by atoms with E-state index in [-0.39, 0.29) is 5.54 Å². The standard InChI is InChI=1S/C12H19ClN2OS/c1-9-10(2)17-11(15-9)7-14-12(8-13)3-5-16-6-4-12/h14H,3-8H2,1-2H3. The smallest absolute Gasteiger partial charge is 0.107 e. The highest BCUT2D eigenvalue weighted by molar-refractivity contribution is 7.11. The van der Waals surface area contributed by atoms with E-state index in [1.807, 2.05) is 0 Å². The Morgan fingerprint density at radius 1 is 1.41 bits per heavy atom. The molecule has 1 aromatic rings. The number of ether oxygens (including phenoxy) is 1. The van der Waals surface area contributed by atoms with Crippen LogP contribution in [0.1, 0.15) is 28.4 Å². The SMILES string of the molecule is Cc1nc(CNC2(CCl)CCOCC2)sc1C. The van der Waals surface area contributed by atoms with E-state index in [0.29, 0.717) is 5.88 Å². The fraction of sp³-hybridized carbons (Fsp3) is 0.750. The number of rotatable bonds is 4. The van der Waals surface area contributed by atoms with E-state index < -0.39 is 0 Å². The Balaban J connectivity index is 1.95. The average molecular weight is 275 g/mol. The molecule has 2 rings (SSSR count). The summed E-state index contributed by atoms with van der Waals surface area (Å²) in [4.78, 5) is 5.84. The summed E-state index contributed by atoms with van der Waals surface area (Å²) in [6, 6.07) is 0. The van der Waals surface area contributed by atoms with Crippen LogP contribution >= 0.6 is 22.9 Å². The van der Waals surface area contributed by atoms with Crippen LogP contribution in [0, 0.1) is 13.8 Å². The van der Waals surface area contributed by atoms with Gasteiger partial charge < -0.3 is 10.1 Å². The first kappa shape index (κ1) is 13.3. The molecule has 17 heavy (non-hydrogen) atoms. The number of nitrogens with zero attached hydrogens (tertiary/aromatic N) is 1. The molecule has 0 spiro atoms. The van der Waals surface area contributed by atoms with Crippen molar-refractivity contribution >= 4 is 22.9 Å². The summed E-state index contributed by atoms with van der Waals surface area (Å²) in [5.41, 5.74) is 1.17. The quantitative estimate of drug-likeness (QED) is 0.857. The fourth-order valence-electron chi connectivity index (χ4n) is 2.00. The minimum atomic E-state index is 0.0350. The van der Waals surface area contributed by atoms with Crippen molar-refractivity contribution in [3.8, 4) is 0 Å². The summed E-state index contributed by atoms with van der Waals surface area (Å²) >= 11 is 7.87. The van der Waals surface area contributed by atoms with Crippen LogP contribution < -0.4 is 5.32 Å². The molecule has 0 unspecified atom stereocenters. The fourth-order valence-corrected chi connectivity index (χ4v) is 3.23. The molecule has 1 aromatic heterocycles. The van der Waals surface area contributed by atoms with Crippen LogP contribution in [0.5, 0.6) is 0 Å². The van der Waals surface area contributed by atoms with Gasteiger partial charge in [0.05, 0.1) is 5.69 Å². The van der Waals surface area contributed by atoms with Gasteiger partial charge in [-0.25, -0.2) is 4.98 Å². The second-order valence-corrected chi connectivity index (χ2v) is 6.18. The van der Waals surface area contributed by atoms with Crippen molar-refractivity contribution in [1.29, 1.82) is 0 Å². The maximum Gasteiger partial charge on any atom is 0.107 e. The van der Waals surface area contributed by atoms with Crippen LogP contribution in [0.4, 0.5) is 0 Å². The van der Waals surface area contributed by atoms with E-state index in [1.54, 1.807) is 11.3 Å². The minimum Gasteiger partial charge on any atom is -0.381 e. The molecular weight excluding hydrogens is 256 g/mol. The third kappa shape index (κ3) is 3.19. The molecule has 0 atom stereocenters. The van der Waals surface area contributed by atoms with Gasteiger partial charge in [0.15, 0.2) is 0 Å². The summed E-state index contributed by atoms with van der Waals surface area (Å²) in [6.45, 7) is 6.58. The van der Waals surface area contributed by atoms with Crippen LogP contribution in [0.15, 0.2) is 0 Å². The van der Waals surface area contributed by atoms with Crippen molar-refractivity contribution in [3.05, 3.63) is 15.6 Å². The van der Waals surface area contributed by atoms with Crippen LogP contribution in [0.3, 0.4) is 0 Å². The van der Waals surface area contributed by atoms with E-state index in [2.05, 4.69) is 24.1 Å². The Morgan fingerprint density at radius 3 is 2.65 bits per heavy atom. The summed E-state index contributed by atoms with van der Waals surface area (Å²) < 4.78 is 5.39. The van der Waals surface area contributed by atoms with Gasteiger partial charge in [0.2, 0.25) is 0 Å². The van der Waals surface area contributed by atoms with Gasteiger partial charge in [-0.05, 0) is 26.7 Å². The van der Waals surface area contributed by atoms with E-state index in [0.717, 1.165) is 43.3 Å². The summed E-state index contributed by atoms with van der Waals surface area (Å²) in [5, 5.41) is 4.73. The third-order valence-electron chi connectivity index (χ3n) is 3.39. The number of thiazole rings is 1. The highest BCUT2D eigenvalue weighted by Crippen LogP contribution is 2.24. The third-order valence-corrected chi connectivity index (χ3v) is 4.98. The van der Waals surface area contributed by atoms with Crippen LogP contribution in [-0.4, -0.2) is 29.6 Å². The molecule has 1 aliphatic heterocycles. The molecule has 0 amide bonds. The molecule has 5 heteroatoms. The molecule has 96 valence electrons. The van der Waals surface area contributed by atoms with Crippen molar-refractivity contribution in [3.63, 3.8) is 0 Å². The van der Waals surface area contributed by atoms with Gasteiger partial charge in [0.1, 0.15) is 5.01 Å². The van der Waals surface area contributed by atoms with Gasteiger partial charge in [-0.2, -0.15) is 0 Å². The Morgan fingerprint density at radius 2 is 2.12 bits per heavy atom. The number of hydrogen-bond acceptors (Lipinski definition) is 4. The Hall–Kier alpha value is -0.160. The zero-order chi connectivity index (χ0) is 12.3. The number of aryl methyl sites for hydroxylation is 2. The minimum absolute atomic E-state index is 0.0350. The van der Waals surface area contributed by atoms with Crippen molar-refractivity contribution < 1.29 is 4.74 Å². The summed E-state index contributed by atoms with van der Waals surface area (Å²) in [7, 11) is 0. The van der Waals surface area contributed by atoms with Gasteiger partial charge in [-0.3, -0.25) is 0 Å². The van der Waals surface area contributed by atoms with Crippen LogP contribution in [-0.2, 0) is 11.3 Å². The normalized spacial score (nSPS) is 19.5. The van der Waals surface area contributed by atoms with Gasteiger partial charge in [-0.1, -0.05) is 0 Å². The number of hydrogen-bond donors (Lipinski definition) is 1. The average Bonchev–Trinajstić information content (AvgIpc) is 2.68. The van der Waals surface area contributed by atoms with Crippen molar-refractivity contribution in [2.45, 2.75) is 38.8 Å². The molecule has 1 N–H and O–H groups in total. The molecule has 0 aliphatic carbocycles. The highest BCUT2D eigenvalue weighted by atomic mass is 35.5. The van der Waals surface area contributed by atoms with Gasteiger partial charge in [-0.15, -0.1) is 22.9 Å². The number of alkyl halides is 1. The van der Waals surface area contributed by atoms with Gasteiger partial charge >= 0.3 is 0 Å². The second-order valence-electron chi connectivity index (χ2n) is 4.63. The Kier molecular flexibility index (Phi) is 4.42. The van der Waals surface area contributed by atoms with Gasteiger partial charge in [0, 0.05) is 36.1 Å². The lowest BCUT2D eigenvalue weighted by Crippen LogP contribution is -2.50. The molecule has 1 saturated heterocycles. The lowest BCUT2D eigenvalue weighted by atomic mass is 9.92. The first-order valence-electron chi connectivity index (χ1n) is 5.97. The summed E-state index contributed by atoms with van der Waals surface area (Å²) in [5.74, 6) is 0.639. The maximum absolute atomic E-state index is 6.10. The number of nitrogens with one attached hydrogen (secondary N) is 1. The highest BCUT2D eigenvalue weighted by Gasteiger charge is 2.31. The largest absolute Gasteiger partial charge is 0.381 e. The molecule has 3 nitrogen and oxygen atoms in total. The molecule has 0 radical (unpaired) electrons. The topological polar surface area (TPSA) is 34.2 Å². The first-order valence-corrected chi connectivity index (χ1v) is 7.32. The molecule has 0 aromatic carbocycles. The number of aromatic nitrogens is 1. The van der Waals surface area contributed by atoms with Gasteiger partial charge in [0.25, 0.3) is 0 Å². The van der Waals surface area contributed by atoms with Crippen LogP contribution in [0.2, 0.25) is 0 Å². The number of halogens is 1. The Labute approximate surface area is 112 Å². The Bertz CT molecular complexity index is 355.